The average Bonchev–Trinajstić information content (AvgIpc) is 3.40. The number of benzene rings is 1. The average molecular weight is 505 g/mol. The van der Waals surface area contributed by atoms with E-state index in [0.29, 0.717) is 17.1 Å². The molecular weight excluding hydrogens is 476 g/mol. The molecule has 1 spiro atoms. The molecule has 1 aromatic carbocycles. The first-order chi connectivity index (χ1) is 16.3. The minimum absolute atomic E-state index is 0.0163. The maximum atomic E-state index is 14.2. The van der Waals surface area contributed by atoms with Crippen molar-refractivity contribution in [2.75, 3.05) is 31.2 Å². The van der Waals surface area contributed by atoms with Gasteiger partial charge in [-0.2, -0.15) is 0 Å². The van der Waals surface area contributed by atoms with Crippen LogP contribution in [0.3, 0.4) is 0 Å². The molecular formula is C25H29ClN2O5S. The van der Waals surface area contributed by atoms with Gasteiger partial charge in [-0.15, -0.1) is 18.3 Å². The van der Waals surface area contributed by atoms with Crippen LogP contribution in [0.25, 0.3) is 0 Å². The summed E-state index contributed by atoms with van der Waals surface area (Å²) in [4.78, 5) is 44.0. The Labute approximate surface area is 208 Å². The van der Waals surface area contributed by atoms with Crippen molar-refractivity contribution in [3.05, 3.63) is 54.6 Å². The van der Waals surface area contributed by atoms with Crippen molar-refractivity contribution in [2.24, 2.45) is 17.8 Å². The third kappa shape index (κ3) is 3.76. The number of carbonyl (C=O) groups excluding carboxylic acids is 3. The highest BCUT2D eigenvalue weighted by Crippen LogP contribution is 2.68. The first-order valence-electron chi connectivity index (χ1n) is 11.4. The molecule has 7 nitrogen and oxygen atoms in total. The Morgan fingerprint density at radius 2 is 2.03 bits per heavy atom. The number of carbonyl (C=O) groups is 3. The molecule has 3 unspecified atom stereocenters. The minimum atomic E-state index is -0.824. The second-order valence-corrected chi connectivity index (χ2v) is 10.9. The first kappa shape index (κ1) is 24.8. The lowest BCUT2D eigenvalue weighted by Crippen LogP contribution is -2.57. The van der Waals surface area contributed by atoms with Crippen molar-refractivity contribution in [1.29, 1.82) is 0 Å². The van der Waals surface area contributed by atoms with E-state index in [2.05, 4.69) is 13.2 Å². The second-order valence-electron chi connectivity index (χ2n) is 8.94. The quantitative estimate of drug-likeness (QED) is 0.411. The van der Waals surface area contributed by atoms with Crippen molar-refractivity contribution in [2.45, 2.75) is 29.4 Å². The summed E-state index contributed by atoms with van der Waals surface area (Å²) in [5.74, 6) is -2.25. The maximum absolute atomic E-state index is 14.2. The number of anilines is 1. The number of fused-ring (bicyclic) bond motifs is 1. The number of amides is 2. The van der Waals surface area contributed by atoms with Crippen LogP contribution in [0.15, 0.2) is 49.6 Å². The van der Waals surface area contributed by atoms with Gasteiger partial charge in [-0.25, -0.2) is 0 Å². The van der Waals surface area contributed by atoms with Crippen LogP contribution in [0.2, 0.25) is 5.02 Å². The minimum Gasteiger partial charge on any atom is -0.461 e. The van der Waals surface area contributed by atoms with E-state index in [1.807, 2.05) is 6.92 Å². The second kappa shape index (κ2) is 9.76. The molecule has 3 heterocycles. The van der Waals surface area contributed by atoms with Gasteiger partial charge in [0.15, 0.2) is 0 Å². The summed E-state index contributed by atoms with van der Waals surface area (Å²) in [6, 6.07) is 6.09. The summed E-state index contributed by atoms with van der Waals surface area (Å²) in [5.41, 5.74) is 0.637. The van der Waals surface area contributed by atoms with Gasteiger partial charge in [0, 0.05) is 29.0 Å². The highest BCUT2D eigenvalue weighted by Gasteiger charge is 2.76. The van der Waals surface area contributed by atoms with E-state index in [9.17, 15) is 19.5 Å². The molecule has 3 fully saturated rings. The van der Waals surface area contributed by atoms with Gasteiger partial charge in [0.1, 0.15) is 12.6 Å². The number of halogens is 1. The number of thioether (sulfide) groups is 1. The number of aliphatic hydroxyl groups is 1. The molecule has 3 aliphatic heterocycles. The number of β-amino-alcohol motifs (C(OH)–C–C–N with tert-alkyl or cyclic N) is 1. The van der Waals surface area contributed by atoms with Crippen molar-refractivity contribution >= 4 is 46.8 Å². The molecule has 0 saturated carbocycles. The highest BCUT2D eigenvalue weighted by molar-refractivity contribution is 8.02. The van der Waals surface area contributed by atoms with Gasteiger partial charge in [-0.05, 0) is 36.6 Å². The Bertz CT molecular complexity index is 1000. The summed E-state index contributed by atoms with van der Waals surface area (Å²) in [7, 11) is 0. The number of likely N-dealkylation sites (tertiary alicyclic amines) is 1. The predicted octanol–water partition coefficient (Wildman–Crippen LogP) is 2.92. The van der Waals surface area contributed by atoms with E-state index in [1.165, 1.54) is 11.0 Å². The van der Waals surface area contributed by atoms with Crippen LogP contribution in [-0.4, -0.2) is 70.1 Å². The van der Waals surface area contributed by atoms with Gasteiger partial charge in [-0.3, -0.25) is 14.4 Å². The number of rotatable bonds is 9. The fraction of sp³-hybridized carbons (Fsp3) is 0.480. The van der Waals surface area contributed by atoms with E-state index >= 15 is 0 Å². The van der Waals surface area contributed by atoms with E-state index in [0.717, 1.165) is 0 Å². The molecule has 9 heteroatoms. The summed E-state index contributed by atoms with van der Waals surface area (Å²) in [6.07, 6.45) is 3.84. The van der Waals surface area contributed by atoms with Crippen LogP contribution in [0.1, 0.15) is 13.3 Å². The van der Waals surface area contributed by atoms with Crippen molar-refractivity contribution < 1.29 is 24.2 Å². The smallest absolute Gasteiger partial charge is 0.311 e. The van der Waals surface area contributed by atoms with Crippen LogP contribution < -0.4 is 4.90 Å². The van der Waals surface area contributed by atoms with Gasteiger partial charge in [-0.1, -0.05) is 37.3 Å². The third-order valence-corrected chi connectivity index (χ3v) is 9.48. The molecule has 3 aliphatic rings. The Hall–Kier alpha value is -2.29. The highest BCUT2D eigenvalue weighted by atomic mass is 35.5. The molecule has 0 aromatic heterocycles. The standard InChI is InChI=1S/C25H29ClN2O5S/c1-4-10-27(17-8-6-16(26)7-9-17)23(31)21-25-15(3)14-18(34-25)19(24(32)33-13-5-2)20(25)22(30)28(21)11-12-29/h4-9,15,18-21,29H,1-2,10-14H2,3H3/t15?,18-,19+,20+,21?,25?/m1/s1. The lowest BCUT2D eigenvalue weighted by molar-refractivity contribution is -0.153. The SMILES string of the molecule is C=CCOC(=O)[C@@H]1[C@H]2C(=O)N(CCO)C(C(=O)N(CC=C)c3ccc(Cl)cc3)C23S[C@@H]1CC3C. The third-order valence-electron chi connectivity index (χ3n) is 7.15. The summed E-state index contributed by atoms with van der Waals surface area (Å²) < 4.78 is 4.58. The zero-order chi connectivity index (χ0) is 24.6. The molecule has 34 heavy (non-hydrogen) atoms. The molecule has 3 saturated heterocycles. The number of hydrogen-bond acceptors (Lipinski definition) is 6. The van der Waals surface area contributed by atoms with Gasteiger partial charge in [0.25, 0.3) is 5.91 Å². The Morgan fingerprint density at radius 1 is 1.32 bits per heavy atom. The van der Waals surface area contributed by atoms with Gasteiger partial charge >= 0.3 is 5.97 Å². The topological polar surface area (TPSA) is 87.1 Å². The molecule has 182 valence electrons. The summed E-state index contributed by atoms with van der Waals surface area (Å²) in [6.45, 7) is 9.48. The van der Waals surface area contributed by atoms with Crippen LogP contribution in [-0.2, 0) is 19.1 Å². The predicted molar refractivity (Wildman–Crippen MR) is 133 cm³/mol. The lowest BCUT2D eigenvalue weighted by Gasteiger charge is -2.40. The van der Waals surface area contributed by atoms with Crippen LogP contribution in [0.5, 0.6) is 0 Å². The van der Waals surface area contributed by atoms with E-state index in [1.54, 1.807) is 47.0 Å². The van der Waals surface area contributed by atoms with Crippen molar-refractivity contribution in [1.82, 2.24) is 4.90 Å². The summed E-state index contributed by atoms with van der Waals surface area (Å²) in [5, 5.41) is 10.2. The number of aliphatic hydroxyl groups excluding tert-OH is 1. The number of hydrogen-bond donors (Lipinski definition) is 1. The molecule has 6 atom stereocenters. The maximum Gasteiger partial charge on any atom is 0.311 e. The van der Waals surface area contributed by atoms with Gasteiger partial charge in [0.05, 0.1) is 23.2 Å². The largest absolute Gasteiger partial charge is 0.461 e. The number of nitrogens with zero attached hydrogens (tertiary/aromatic N) is 2. The van der Waals surface area contributed by atoms with Gasteiger partial charge < -0.3 is 19.6 Å². The number of ether oxygens (including phenoxy) is 1. The Balaban J connectivity index is 1.77. The van der Waals surface area contributed by atoms with E-state index < -0.39 is 28.6 Å². The lowest BCUT2D eigenvalue weighted by atomic mass is 9.66. The summed E-state index contributed by atoms with van der Waals surface area (Å²) >= 11 is 7.62. The number of esters is 1. The molecule has 1 N–H and O–H groups in total. The Kier molecular flexibility index (Phi) is 7.12. The normalized spacial score (nSPS) is 31.3. The zero-order valence-electron chi connectivity index (χ0n) is 19.1. The van der Waals surface area contributed by atoms with Crippen molar-refractivity contribution in [3.8, 4) is 0 Å². The molecule has 2 bridgehead atoms. The molecule has 2 amide bonds. The Morgan fingerprint density at radius 3 is 2.65 bits per heavy atom. The van der Waals surface area contributed by atoms with Gasteiger partial charge in [0.2, 0.25) is 5.91 Å². The van der Waals surface area contributed by atoms with Crippen molar-refractivity contribution in [3.63, 3.8) is 0 Å². The van der Waals surface area contributed by atoms with E-state index in [-0.39, 0.29) is 49.3 Å². The van der Waals surface area contributed by atoms with Crippen LogP contribution >= 0.6 is 23.4 Å². The molecule has 4 rings (SSSR count). The fourth-order valence-electron chi connectivity index (χ4n) is 5.87. The first-order valence-corrected chi connectivity index (χ1v) is 12.6. The molecule has 0 radical (unpaired) electrons. The monoisotopic (exact) mass is 504 g/mol. The zero-order valence-corrected chi connectivity index (χ0v) is 20.6. The van der Waals surface area contributed by atoms with E-state index in [4.69, 9.17) is 16.3 Å². The molecule has 1 aromatic rings. The fourth-order valence-corrected chi connectivity index (χ4v) is 8.40. The van der Waals surface area contributed by atoms with Crippen LogP contribution in [0.4, 0.5) is 5.69 Å². The van der Waals surface area contributed by atoms with Crippen LogP contribution in [0, 0.1) is 17.8 Å². The molecule has 0 aliphatic carbocycles.